The van der Waals surface area contributed by atoms with Gasteiger partial charge in [0.05, 0.1) is 26.4 Å². The van der Waals surface area contributed by atoms with E-state index in [0.717, 1.165) is 57.8 Å². The Morgan fingerprint density at radius 2 is 0.672 bits per heavy atom. The van der Waals surface area contributed by atoms with Crippen molar-refractivity contribution in [1.29, 1.82) is 0 Å². The highest BCUT2D eigenvalue weighted by atomic mass is 31.2. The number of aliphatic hydroxyl groups excluding tert-OH is 3. The van der Waals surface area contributed by atoms with Crippen molar-refractivity contribution in [1.82, 2.24) is 0 Å². The topological polar surface area (TPSA) is 225 Å². The third-order valence-electron chi connectivity index (χ3n) is 10.1. The summed E-state index contributed by atoms with van der Waals surface area (Å²) in [6, 6.07) is 0. The van der Waals surface area contributed by atoms with Crippen LogP contribution in [0.3, 0.4) is 0 Å². The summed E-state index contributed by atoms with van der Waals surface area (Å²) in [6.07, 6.45) is 38.5. The van der Waals surface area contributed by atoms with Crippen LogP contribution < -0.4 is 0 Å². The van der Waals surface area contributed by atoms with E-state index in [-0.39, 0.29) is 12.8 Å². The number of carbonyl (C=O) groups is 2. The van der Waals surface area contributed by atoms with E-state index in [0.29, 0.717) is 12.8 Å². The van der Waals surface area contributed by atoms with Gasteiger partial charge in [0.15, 0.2) is 0 Å². The minimum absolute atomic E-state index is 0.177. The molecule has 376 valence electrons. The summed E-state index contributed by atoms with van der Waals surface area (Å²) in [7, 11) is -9.57. The quantitative estimate of drug-likeness (QED) is 0.0166. The SMILES string of the molecule is CCCCC/C=C\C/C=C\CCCCCCCCCCCC(=O)OCC(O)COP(=O)(O)OCC(O)COP(=O)(O)OCC(O)COC(=O)CCCCC/C=C\CCCCCCCC. The Hall–Kier alpha value is -1.74. The van der Waals surface area contributed by atoms with Crippen molar-refractivity contribution in [3.05, 3.63) is 36.5 Å². The smallest absolute Gasteiger partial charge is 0.463 e. The lowest BCUT2D eigenvalue weighted by Crippen LogP contribution is -2.25. The summed E-state index contributed by atoms with van der Waals surface area (Å²) < 4.78 is 53.0. The van der Waals surface area contributed by atoms with Gasteiger partial charge in [-0.3, -0.25) is 27.7 Å². The summed E-state index contributed by atoms with van der Waals surface area (Å²) in [5, 5.41) is 30.0. The number of unbranched alkanes of at least 4 members (excludes halogenated alkanes) is 21. The van der Waals surface area contributed by atoms with E-state index >= 15 is 0 Å². The molecule has 0 aromatic rings. The Bertz CT molecular complexity index is 1290. The molecule has 0 rings (SSSR count). The molecule has 5 atom stereocenters. The minimum Gasteiger partial charge on any atom is -0.463 e. The molecule has 0 aromatic carbocycles. The number of allylic oxidation sites excluding steroid dienone is 6. The van der Waals surface area contributed by atoms with Gasteiger partial charge in [0.2, 0.25) is 0 Å². The first-order valence-electron chi connectivity index (χ1n) is 24.3. The highest BCUT2D eigenvalue weighted by Crippen LogP contribution is 2.45. The largest absolute Gasteiger partial charge is 0.472 e. The second-order valence-electron chi connectivity index (χ2n) is 16.5. The van der Waals surface area contributed by atoms with Crippen molar-refractivity contribution in [2.45, 2.75) is 212 Å². The predicted molar refractivity (Wildman–Crippen MR) is 251 cm³/mol. The van der Waals surface area contributed by atoms with Gasteiger partial charge in [0.1, 0.15) is 31.5 Å². The number of phosphoric acid groups is 2. The van der Waals surface area contributed by atoms with Gasteiger partial charge in [-0.25, -0.2) is 9.13 Å². The lowest BCUT2D eigenvalue weighted by atomic mass is 10.1. The number of ether oxygens (including phenoxy) is 2. The van der Waals surface area contributed by atoms with Gasteiger partial charge in [-0.15, -0.1) is 0 Å². The molecular formula is C47H88O15P2. The first-order chi connectivity index (χ1) is 30.8. The number of hydrogen-bond donors (Lipinski definition) is 5. The number of esters is 2. The molecule has 0 aliphatic carbocycles. The van der Waals surface area contributed by atoms with Crippen LogP contribution in [0.2, 0.25) is 0 Å². The van der Waals surface area contributed by atoms with Crippen molar-refractivity contribution in [3.8, 4) is 0 Å². The van der Waals surface area contributed by atoms with Crippen LogP contribution in [-0.4, -0.2) is 95.0 Å². The Morgan fingerprint density at radius 3 is 1.05 bits per heavy atom. The Balaban J connectivity index is 3.88. The number of carbonyl (C=O) groups excluding carboxylic acids is 2. The average molecular weight is 955 g/mol. The maximum Gasteiger partial charge on any atom is 0.472 e. The second kappa shape index (κ2) is 43.8. The van der Waals surface area contributed by atoms with Crippen LogP contribution in [0.15, 0.2) is 36.5 Å². The van der Waals surface area contributed by atoms with E-state index in [1.54, 1.807) is 0 Å². The molecular weight excluding hydrogens is 866 g/mol. The summed E-state index contributed by atoms with van der Waals surface area (Å²) >= 11 is 0. The lowest BCUT2D eigenvalue weighted by Gasteiger charge is -2.19. The Labute approximate surface area is 386 Å². The van der Waals surface area contributed by atoms with E-state index in [2.05, 4.69) is 68.4 Å². The Morgan fingerprint density at radius 1 is 0.406 bits per heavy atom. The normalized spacial score (nSPS) is 15.4. The average Bonchev–Trinajstić information content (AvgIpc) is 3.27. The molecule has 17 heteroatoms. The fraction of sp³-hybridized carbons (Fsp3) is 0.830. The Kier molecular flexibility index (Phi) is 42.6. The van der Waals surface area contributed by atoms with Crippen LogP contribution in [0.4, 0.5) is 0 Å². The number of hydrogen-bond acceptors (Lipinski definition) is 13. The summed E-state index contributed by atoms with van der Waals surface area (Å²) in [4.78, 5) is 43.7. The highest BCUT2D eigenvalue weighted by molar-refractivity contribution is 7.47. The van der Waals surface area contributed by atoms with Crippen LogP contribution in [0.25, 0.3) is 0 Å². The fourth-order valence-corrected chi connectivity index (χ4v) is 7.83. The molecule has 5 N–H and O–H groups in total. The van der Waals surface area contributed by atoms with Gasteiger partial charge in [-0.2, -0.15) is 0 Å². The van der Waals surface area contributed by atoms with Crippen molar-refractivity contribution < 1.29 is 71.4 Å². The molecule has 0 saturated carbocycles. The van der Waals surface area contributed by atoms with Gasteiger partial charge in [0, 0.05) is 12.8 Å². The number of phosphoric ester groups is 2. The van der Waals surface area contributed by atoms with Crippen LogP contribution in [0.1, 0.15) is 194 Å². The van der Waals surface area contributed by atoms with E-state index in [9.17, 15) is 43.8 Å². The monoisotopic (exact) mass is 955 g/mol. The molecule has 0 heterocycles. The van der Waals surface area contributed by atoms with Gasteiger partial charge in [-0.1, -0.05) is 147 Å². The van der Waals surface area contributed by atoms with Crippen molar-refractivity contribution in [2.75, 3.05) is 39.6 Å². The molecule has 0 aliphatic heterocycles. The van der Waals surface area contributed by atoms with Gasteiger partial charge in [0.25, 0.3) is 0 Å². The van der Waals surface area contributed by atoms with Gasteiger partial charge >= 0.3 is 27.6 Å². The van der Waals surface area contributed by atoms with Crippen LogP contribution in [0.5, 0.6) is 0 Å². The van der Waals surface area contributed by atoms with E-state index in [4.69, 9.17) is 9.47 Å². The zero-order valence-electron chi connectivity index (χ0n) is 39.5. The molecule has 0 spiro atoms. The molecule has 5 unspecified atom stereocenters. The fourth-order valence-electron chi connectivity index (χ4n) is 6.24. The zero-order chi connectivity index (χ0) is 47.4. The van der Waals surface area contributed by atoms with Crippen molar-refractivity contribution in [3.63, 3.8) is 0 Å². The van der Waals surface area contributed by atoms with E-state index in [1.165, 1.54) is 96.3 Å². The lowest BCUT2D eigenvalue weighted by molar-refractivity contribution is -0.148. The van der Waals surface area contributed by atoms with Crippen LogP contribution in [0, 0.1) is 0 Å². The van der Waals surface area contributed by atoms with Crippen molar-refractivity contribution in [2.24, 2.45) is 0 Å². The minimum atomic E-state index is -4.79. The second-order valence-corrected chi connectivity index (χ2v) is 19.4. The van der Waals surface area contributed by atoms with Gasteiger partial charge < -0.3 is 34.6 Å². The van der Waals surface area contributed by atoms with Gasteiger partial charge in [-0.05, 0) is 70.6 Å². The van der Waals surface area contributed by atoms with E-state index < -0.39 is 85.5 Å². The molecule has 0 bridgehead atoms. The maximum atomic E-state index is 12.2. The molecule has 64 heavy (non-hydrogen) atoms. The van der Waals surface area contributed by atoms with Crippen molar-refractivity contribution >= 4 is 27.6 Å². The maximum absolute atomic E-state index is 12.2. The van der Waals surface area contributed by atoms with Crippen LogP contribution >= 0.6 is 15.6 Å². The standard InChI is InChI=1S/C47H88O15P2/c1-3-5-7-9-11-13-15-17-18-19-20-21-22-24-26-28-30-32-34-36-47(52)58-38-44(49)40-60-64(55,56)62-42-45(50)41-61-63(53,54)59-39-43(48)37-57-46(51)35-33-31-29-27-25-23-16-14-12-10-8-6-4-2/h11,13,17-18,23,25,43-45,48-50H,3-10,12,14-16,19-22,24,26-42H2,1-2H3,(H,53,54)(H,55,56)/b13-11-,18-17-,25-23-. The molecule has 0 amide bonds. The molecule has 0 fully saturated rings. The molecule has 15 nitrogen and oxygen atoms in total. The summed E-state index contributed by atoms with van der Waals surface area (Å²) in [6.45, 7) is 0.373. The molecule has 0 radical (unpaired) electrons. The third kappa shape index (κ3) is 45.4. The summed E-state index contributed by atoms with van der Waals surface area (Å²) in [5.74, 6) is -1.01. The molecule has 0 aliphatic rings. The highest BCUT2D eigenvalue weighted by Gasteiger charge is 2.28. The molecule has 0 saturated heterocycles. The first-order valence-corrected chi connectivity index (χ1v) is 27.3. The number of aliphatic hydroxyl groups is 3. The van der Waals surface area contributed by atoms with Crippen LogP contribution in [-0.2, 0) is 46.3 Å². The first kappa shape index (κ1) is 62.3. The molecule has 0 aromatic heterocycles. The summed E-state index contributed by atoms with van der Waals surface area (Å²) in [5.41, 5.74) is 0. The zero-order valence-corrected chi connectivity index (χ0v) is 41.2. The predicted octanol–water partition coefficient (Wildman–Crippen LogP) is 11.1. The number of rotatable bonds is 47. The third-order valence-corrected chi connectivity index (χ3v) is 12.0. The van der Waals surface area contributed by atoms with E-state index in [1.807, 2.05) is 0 Å².